The maximum atomic E-state index is 4.78. The molecule has 0 aliphatic carbocycles. The lowest BCUT2D eigenvalue weighted by Gasteiger charge is -2.22. The Hall–Kier alpha value is 0.290. The molecule has 0 aromatic heterocycles. The monoisotopic (exact) mass is 253 g/mol. The lowest BCUT2D eigenvalue weighted by molar-refractivity contribution is -0.163. The van der Waals surface area contributed by atoms with Gasteiger partial charge >= 0.3 is 0 Å². The highest BCUT2D eigenvalue weighted by Crippen LogP contribution is 2.36. The molecule has 0 saturated heterocycles. The zero-order chi connectivity index (χ0) is 9.14. The van der Waals surface area contributed by atoms with Crippen molar-refractivity contribution in [1.29, 1.82) is 0 Å². The molecular formula is C7H12BrNO2S. The third-order valence-corrected chi connectivity index (χ3v) is 3.69. The first-order valence-electron chi connectivity index (χ1n) is 3.70. The highest BCUT2D eigenvalue weighted by Gasteiger charge is 2.28. The van der Waals surface area contributed by atoms with Crippen molar-refractivity contribution in [1.82, 2.24) is 4.31 Å². The fraction of sp³-hybridized carbons (Fsp3) is 0.714. The van der Waals surface area contributed by atoms with Crippen molar-refractivity contribution in [3.8, 4) is 0 Å². The molecule has 2 atom stereocenters. The van der Waals surface area contributed by atoms with Gasteiger partial charge in [0, 0.05) is 6.04 Å². The first kappa shape index (κ1) is 10.4. The van der Waals surface area contributed by atoms with Gasteiger partial charge in [0.05, 0.1) is 11.7 Å². The topological polar surface area (TPSA) is 21.7 Å². The molecule has 0 saturated carbocycles. The van der Waals surface area contributed by atoms with E-state index in [0.29, 0.717) is 12.0 Å². The van der Waals surface area contributed by atoms with Gasteiger partial charge in [-0.25, -0.2) is 4.89 Å². The van der Waals surface area contributed by atoms with Gasteiger partial charge in [-0.15, -0.1) is 4.33 Å². The molecule has 1 aliphatic heterocycles. The van der Waals surface area contributed by atoms with Gasteiger partial charge in [-0.05, 0) is 34.8 Å². The number of nitrogens with zero attached hydrogens (tertiary/aromatic N) is 1. The van der Waals surface area contributed by atoms with Crippen molar-refractivity contribution in [2.45, 2.75) is 19.9 Å². The summed E-state index contributed by atoms with van der Waals surface area (Å²) in [5.41, 5.74) is 0. The standard InChI is InChI=1S/C7H12BrNO2S/c1-5-4-7(8)9(6(5)2)12-11-10-3/h4-6H,1-3H3. The van der Waals surface area contributed by atoms with Crippen LogP contribution in [0.5, 0.6) is 0 Å². The number of halogens is 1. The van der Waals surface area contributed by atoms with Crippen LogP contribution in [0.25, 0.3) is 0 Å². The summed E-state index contributed by atoms with van der Waals surface area (Å²) in [6, 6.07) is 0.430. The summed E-state index contributed by atoms with van der Waals surface area (Å²) in [6.07, 6.45) is 2.15. The van der Waals surface area contributed by atoms with E-state index in [1.165, 1.54) is 19.3 Å². The third kappa shape index (κ3) is 2.16. The van der Waals surface area contributed by atoms with Gasteiger partial charge in [0.1, 0.15) is 0 Å². The fourth-order valence-corrected chi connectivity index (χ4v) is 2.51. The molecule has 5 heteroatoms. The van der Waals surface area contributed by atoms with Crippen LogP contribution in [0.15, 0.2) is 10.7 Å². The summed E-state index contributed by atoms with van der Waals surface area (Å²) in [7, 11) is 1.49. The molecule has 0 bridgehead atoms. The second-order valence-corrected chi connectivity index (χ2v) is 4.22. The van der Waals surface area contributed by atoms with E-state index >= 15 is 0 Å². The van der Waals surface area contributed by atoms with Gasteiger partial charge in [-0.2, -0.15) is 0 Å². The minimum absolute atomic E-state index is 0.430. The highest BCUT2D eigenvalue weighted by atomic mass is 79.9. The predicted molar refractivity (Wildman–Crippen MR) is 53.2 cm³/mol. The number of hydrogen-bond acceptors (Lipinski definition) is 4. The highest BCUT2D eigenvalue weighted by molar-refractivity contribution is 9.11. The normalized spacial score (nSPS) is 29.3. The zero-order valence-electron chi connectivity index (χ0n) is 7.28. The zero-order valence-corrected chi connectivity index (χ0v) is 9.68. The summed E-state index contributed by atoms with van der Waals surface area (Å²) >= 11 is 4.65. The van der Waals surface area contributed by atoms with E-state index in [9.17, 15) is 0 Å². The van der Waals surface area contributed by atoms with E-state index < -0.39 is 0 Å². The van der Waals surface area contributed by atoms with Crippen LogP contribution in [-0.2, 0) is 9.22 Å². The van der Waals surface area contributed by atoms with E-state index in [2.05, 4.69) is 40.7 Å². The van der Waals surface area contributed by atoms with Crippen molar-refractivity contribution in [2.75, 3.05) is 7.11 Å². The molecule has 0 spiro atoms. The van der Waals surface area contributed by atoms with Crippen LogP contribution in [0, 0.1) is 5.92 Å². The summed E-state index contributed by atoms with van der Waals surface area (Å²) in [4.78, 5) is 4.51. The molecule has 70 valence electrons. The van der Waals surface area contributed by atoms with E-state index in [-0.39, 0.29) is 0 Å². The average molecular weight is 254 g/mol. The lowest BCUT2D eigenvalue weighted by Crippen LogP contribution is -2.23. The second-order valence-electron chi connectivity index (χ2n) is 2.72. The third-order valence-electron chi connectivity index (χ3n) is 1.92. The van der Waals surface area contributed by atoms with Gasteiger partial charge in [-0.1, -0.05) is 6.92 Å². The molecule has 3 nitrogen and oxygen atoms in total. The van der Waals surface area contributed by atoms with Crippen molar-refractivity contribution < 1.29 is 9.22 Å². The van der Waals surface area contributed by atoms with Crippen LogP contribution in [0.3, 0.4) is 0 Å². The number of rotatable bonds is 3. The van der Waals surface area contributed by atoms with Gasteiger partial charge in [-0.3, -0.25) is 4.31 Å². The van der Waals surface area contributed by atoms with Crippen molar-refractivity contribution in [2.24, 2.45) is 5.92 Å². The van der Waals surface area contributed by atoms with E-state index in [1.54, 1.807) is 0 Å². The van der Waals surface area contributed by atoms with Crippen molar-refractivity contribution >= 4 is 28.2 Å². The Labute approximate surface area is 85.5 Å². The molecule has 2 unspecified atom stereocenters. The van der Waals surface area contributed by atoms with Gasteiger partial charge < -0.3 is 0 Å². The first-order valence-corrected chi connectivity index (χ1v) is 5.20. The Balaban J connectivity index is 2.48. The Morgan fingerprint density at radius 2 is 2.25 bits per heavy atom. The number of hydrogen-bond donors (Lipinski definition) is 0. The summed E-state index contributed by atoms with van der Waals surface area (Å²) < 4.78 is 7.85. The quantitative estimate of drug-likeness (QED) is 0.254. The van der Waals surface area contributed by atoms with Crippen molar-refractivity contribution in [3.63, 3.8) is 0 Å². The van der Waals surface area contributed by atoms with Gasteiger partial charge in [0.2, 0.25) is 0 Å². The molecule has 12 heavy (non-hydrogen) atoms. The summed E-state index contributed by atoms with van der Waals surface area (Å²) in [5.74, 6) is 0.535. The Morgan fingerprint density at radius 1 is 1.58 bits per heavy atom. The Morgan fingerprint density at radius 3 is 2.67 bits per heavy atom. The lowest BCUT2D eigenvalue weighted by atomic mass is 10.1. The molecule has 0 aromatic carbocycles. The van der Waals surface area contributed by atoms with Crippen LogP contribution < -0.4 is 0 Å². The van der Waals surface area contributed by atoms with Crippen LogP contribution in [0.2, 0.25) is 0 Å². The second kappa shape index (κ2) is 4.50. The minimum Gasteiger partial charge on any atom is -0.281 e. The molecule has 1 rings (SSSR count). The van der Waals surface area contributed by atoms with E-state index in [1.807, 2.05) is 4.31 Å². The van der Waals surface area contributed by atoms with Crippen molar-refractivity contribution in [3.05, 3.63) is 10.7 Å². The summed E-state index contributed by atoms with van der Waals surface area (Å²) in [6.45, 7) is 4.31. The molecule has 1 heterocycles. The smallest absolute Gasteiger partial charge is 0.152 e. The van der Waals surface area contributed by atoms with Crippen LogP contribution in [0.4, 0.5) is 0 Å². The molecular weight excluding hydrogens is 242 g/mol. The fourth-order valence-electron chi connectivity index (χ4n) is 1.00. The molecule has 0 fully saturated rings. The Bertz CT molecular complexity index is 188. The molecule has 0 aromatic rings. The average Bonchev–Trinajstić information content (AvgIpc) is 2.25. The van der Waals surface area contributed by atoms with E-state index in [4.69, 9.17) is 4.33 Å². The van der Waals surface area contributed by atoms with Crippen LogP contribution in [-0.4, -0.2) is 17.5 Å². The molecule has 1 aliphatic rings. The van der Waals surface area contributed by atoms with Gasteiger partial charge in [0.25, 0.3) is 0 Å². The largest absolute Gasteiger partial charge is 0.281 e. The van der Waals surface area contributed by atoms with E-state index in [0.717, 1.165) is 4.61 Å². The maximum Gasteiger partial charge on any atom is 0.152 e. The predicted octanol–water partition coefficient (Wildman–Crippen LogP) is 2.70. The van der Waals surface area contributed by atoms with Crippen LogP contribution >= 0.6 is 28.2 Å². The minimum atomic E-state index is 0.430. The molecule has 0 N–H and O–H groups in total. The first-order chi connectivity index (χ1) is 5.66. The SMILES string of the molecule is COOSN1C(Br)=CC(C)C1C. The van der Waals surface area contributed by atoms with Crippen LogP contribution in [0.1, 0.15) is 13.8 Å². The summed E-state index contributed by atoms with van der Waals surface area (Å²) in [5, 5.41) is 0. The molecule has 0 radical (unpaired) electrons. The maximum absolute atomic E-state index is 4.78. The Kier molecular flexibility index (Phi) is 3.89. The van der Waals surface area contributed by atoms with Gasteiger partial charge in [0.15, 0.2) is 12.2 Å². The molecule has 0 amide bonds.